The summed E-state index contributed by atoms with van der Waals surface area (Å²) >= 11 is 0. The molecule has 1 aliphatic carbocycles. The van der Waals surface area contributed by atoms with Crippen molar-refractivity contribution in [2.45, 2.75) is 25.7 Å². The molecule has 0 aliphatic heterocycles. The molecule has 1 heterocycles. The maximum Gasteiger partial charge on any atom is 0.342 e. The Balaban J connectivity index is 2.11. The first kappa shape index (κ1) is 11.2. The van der Waals surface area contributed by atoms with Gasteiger partial charge in [-0.1, -0.05) is 0 Å². The molecule has 0 spiro atoms. The predicted octanol–water partition coefficient (Wildman–Crippen LogP) is -0.631. The second-order valence-electron chi connectivity index (χ2n) is 3.71. The standard InChI is InChI=1S/C9H11N5O3/c15-6-3-1-2-5(4-6)11-12-7-8(16)10-9(17)14-13-7/h1-4H2,(H,12,13)(H2,10,14,16,17)/b11-5+. The Morgan fingerprint density at radius 2 is 2.06 bits per heavy atom. The van der Waals surface area contributed by atoms with Crippen LogP contribution in [-0.4, -0.2) is 26.7 Å². The predicted molar refractivity (Wildman–Crippen MR) is 60.0 cm³/mol. The van der Waals surface area contributed by atoms with E-state index in [1.165, 1.54) is 0 Å². The lowest BCUT2D eigenvalue weighted by atomic mass is 9.97. The van der Waals surface area contributed by atoms with Gasteiger partial charge in [0.25, 0.3) is 5.56 Å². The van der Waals surface area contributed by atoms with E-state index in [0.717, 1.165) is 12.8 Å². The maximum absolute atomic E-state index is 11.2. The second-order valence-corrected chi connectivity index (χ2v) is 3.71. The van der Waals surface area contributed by atoms with E-state index in [2.05, 4.69) is 20.7 Å². The summed E-state index contributed by atoms with van der Waals surface area (Å²) in [6, 6.07) is 0. The van der Waals surface area contributed by atoms with Crippen molar-refractivity contribution >= 4 is 17.3 Å². The number of aromatic nitrogens is 3. The van der Waals surface area contributed by atoms with Crippen molar-refractivity contribution in [1.82, 2.24) is 15.2 Å². The molecule has 1 saturated carbocycles. The second kappa shape index (κ2) is 4.73. The summed E-state index contributed by atoms with van der Waals surface area (Å²) in [5.74, 6) is 0.0373. The number of hydrazone groups is 1. The Kier molecular flexibility index (Phi) is 3.12. The molecular weight excluding hydrogens is 226 g/mol. The van der Waals surface area contributed by atoms with Gasteiger partial charge in [-0.15, -0.1) is 5.10 Å². The molecule has 0 saturated heterocycles. The molecule has 0 amide bonds. The molecule has 1 fully saturated rings. The Bertz CT molecular complexity index is 570. The van der Waals surface area contributed by atoms with Crippen LogP contribution in [0.4, 0.5) is 5.82 Å². The molecule has 0 atom stereocenters. The zero-order valence-corrected chi connectivity index (χ0v) is 8.95. The summed E-state index contributed by atoms with van der Waals surface area (Å²) in [5, 5.41) is 9.51. The van der Waals surface area contributed by atoms with Gasteiger partial charge in [0.2, 0.25) is 5.82 Å². The number of H-pyrrole nitrogens is 2. The van der Waals surface area contributed by atoms with Crippen LogP contribution in [0, 0.1) is 0 Å². The molecule has 17 heavy (non-hydrogen) atoms. The van der Waals surface area contributed by atoms with Gasteiger partial charge in [0, 0.05) is 18.6 Å². The number of rotatable bonds is 2. The average Bonchev–Trinajstić information content (AvgIpc) is 2.28. The van der Waals surface area contributed by atoms with Crippen molar-refractivity contribution in [3.63, 3.8) is 0 Å². The third-order valence-electron chi connectivity index (χ3n) is 2.35. The van der Waals surface area contributed by atoms with Crippen LogP contribution in [0.3, 0.4) is 0 Å². The van der Waals surface area contributed by atoms with E-state index in [0.29, 0.717) is 18.6 Å². The monoisotopic (exact) mass is 237 g/mol. The first-order valence-corrected chi connectivity index (χ1v) is 5.17. The molecule has 1 aromatic rings. The summed E-state index contributed by atoms with van der Waals surface area (Å²) in [4.78, 5) is 35.1. The lowest BCUT2D eigenvalue weighted by Gasteiger charge is -2.11. The topological polar surface area (TPSA) is 120 Å². The highest BCUT2D eigenvalue weighted by atomic mass is 16.2. The van der Waals surface area contributed by atoms with Crippen molar-refractivity contribution in [2.24, 2.45) is 5.10 Å². The lowest BCUT2D eigenvalue weighted by molar-refractivity contribution is -0.118. The van der Waals surface area contributed by atoms with Gasteiger partial charge in [-0.25, -0.2) is 9.89 Å². The number of ketones is 1. The Morgan fingerprint density at radius 1 is 1.24 bits per heavy atom. The highest BCUT2D eigenvalue weighted by molar-refractivity contribution is 6.04. The molecule has 8 heteroatoms. The van der Waals surface area contributed by atoms with Crippen LogP contribution < -0.4 is 16.7 Å². The molecule has 1 aliphatic rings. The zero-order chi connectivity index (χ0) is 12.3. The van der Waals surface area contributed by atoms with Crippen molar-refractivity contribution in [1.29, 1.82) is 0 Å². The van der Waals surface area contributed by atoms with Crippen LogP contribution in [0.25, 0.3) is 0 Å². The third-order valence-corrected chi connectivity index (χ3v) is 2.35. The van der Waals surface area contributed by atoms with E-state index in [1.807, 2.05) is 4.98 Å². The molecule has 0 aromatic carbocycles. The fraction of sp³-hybridized carbons (Fsp3) is 0.444. The van der Waals surface area contributed by atoms with Crippen LogP contribution in [0.1, 0.15) is 25.7 Å². The molecule has 0 unspecified atom stereocenters. The van der Waals surface area contributed by atoms with Gasteiger partial charge in [-0.05, 0) is 12.8 Å². The number of carbonyl (C=O) groups excluding carboxylic acids is 1. The number of carbonyl (C=O) groups is 1. The minimum absolute atomic E-state index is 0.102. The molecule has 3 N–H and O–H groups in total. The number of aromatic amines is 2. The van der Waals surface area contributed by atoms with Gasteiger partial charge in [0.05, 0.1) is 0 Å². The van der Waals surface area contributed by atoms with E-state index in [4.69, 9.17) is 0 Å². The summed E-state index contributed by atoms with van der Waals surface area (Å²) < 4.78 is 0. The van der Waals surface area contributed by atoms with Crippen LogP contribution >= 0.6 is 0 Å². The largest absolute Gasteiger partial charge is 0.342 e. The van der Waals surface area contributed by atoms with E-state index in [1.54, 1.807) is 0 Å². The lowest BCUT2D eigenvalue weighted by Crippen LogP contribution is -2.26. The number of nitrogens with zero attached hydrogens (tertiary/aromatic N) is 2. The quantitative estimate of drug-likeness (QED) is 0.591. The zero-order valence-electron chi connectivity index (χ0n) is 8.95. The highest BCUT2D eigenvalue weighted by Gasteiger charge is 2.14. The van der Waals surface area contributed by atoms with Crippen molar-refractivity contribution in [3.8, 4) is 0 Å². The molecule has 1 aromatic heterocycles. The summed E-state index contributed by atoms with van der Waals surface area (Å²) in [6.07, 6.45) is 2.37. The van der Waals surface area contributed by atoms with Crippen LogP contribution in [0.2, 0.25) is 0 Å². The van der Waals surface area contributed by atoms with Gasteiger partial charge >= 0.3 is 5.69 Å². The van der Waals surface area contributed by atoms with E-state index in [-0.39, 0.29) is 11.6 Å². The first-order valence-electron chi connectivity index (χ1n) is 5.17. The number of nitrogens with one attached hydrogen (secondary N) is 3. The van der Waals surface area contributed by atoms with E-state index < -0.39 is 11.2 Å². The fourth-order valence-corrected chi connectivity index (χ4v) is 1.54. The van der Waals surface area contributed by atoms with Gasteiger partial charge < -0.3 is 0 Å². The molecule has 0 bridgehead atoms. The number of Topliss-reactive ketones (excluding diaryl/α,β-unsaturated/α-hetero) is 1. The van der Waals surface area contributed by atoms with E-state index in [9.17, 15) is 14.4 Å². The van der Waals surface area contributed by atoms with E-state index >= 15 is 0 Å². The van der Waals surface area contributed by atoms with Crippen LogP contribution in [0.5, 0.6) is 0 Å². The molecule has 0 radical (unpaired) electrons. The van der Waals surface area contributed by atoms with Crippen molar-refractivity contribution < 1.29 is 4.79 Å². The van der Waals surface area contributed by atoms with Crippen LogP contribution in [-0.2, 0) is 4.79 Å². The average molecular weight is 237 g/mol. The Labute approximate surface area is 95.1 Å². The molecular formula is C9H11N5O3. The van der Waals surface area contributed by atoms with Crippen molar-refractivity contribution in [3.05, 3.63) is 20.8 Å². The molecule has 2 rings (SSSR count). The Morgan fingerprint density at radius 3 is 2.76 bits per heavy atom. The summed E-state index contributed by atoms with van der Waals surface area (Å²) in [5.41, 5.74) is 1.80. The van der Waals surface area contributed by atoms with Gasteiger partial charge in [-0.2, -0.15) is 5.10 Å². The number of hydrogen-bond donors (Lipinski definition) is 3. The number of anilines is 1. The number of hydrogen-bond acceptors (Lipinski definition) is 6. The van der Waals surface area contributed by atoms with Gasteiger partial charge in [-0.3, -0.25) is 20.0 Å². The van der Waals surface area contributed by atoms with Crippen LogP contribution in [0.15, 0.2) is 14.7 Å². The maximum atomic E-state index is 11.2. The van der Waals surface area contributed by atoms with Gasteiger partial charge in [0.1, 0.15) is 5.78 Å². The minimum Gasteiger partial charge on any atom is -0.299 e. The third kappa shape index (κ3) is 2.86. The molecule has 8 nitrogen and oxygen atoms in total. The Hall–Kier alpha value is -2.25. The summed E-state index contributed by atoms with van der Waals surface area (Å²) in [7, 11) is 0. The van der Waals surface area contributed by atoms with Crippen molar-refractivity contribution in [2.75, 3.05) is 5.43 Å². The first-order chi connectivity index (χ1) is 8.15. The normalized spacial score (nSPS) is 18.4. The fourth-order valence-electron chi connectivity index (χ4n) is 1.54. The highest BCUT2D eigenvalue weighted by Crippen LogP contribution is 2.11. The smallest absolute Gasteiger partial charge is 0.299 e. The summed E-state index contributed by atoms with van der Waals surface area (Å²) in [6.45, 7) is 0. The minimum atomic E-state index is -0.680. The van der Waals surface area contributed by atoms with Gasteiger partial charge in [0.15, 0.2) is 0 Å². The molecule has 90 valence electrons. The SMILES string of the molecule is O=C1CCC/C(=N\Nc2n[nH]c(=O)[nH]c2=O)C1.